The molecular formula is C11H21N3O. The molecule has 1 rings (SSSR count). The lowest BCUT2D eigenvalue weighted by molar-refractivity contribution is 0.218. The Morgan fingerprint density at radius 3 is 2.73 bits per heavy atom. The van der Waals surface area contributed by atoms with Gasteiger partial charge in [0.2, 0.25) is 0 Å². The molecule has 0 radical (unpaired) electrons. The molecular weight excluding hydrogens is 190 g/mol. The van der Waals surface area contributed by atoms with Gasteiger partial charge in [-0.05, 0) is 11.8 Å². The molecule has 1 heterocycles. The van der Waals surface area contributed by atoms with Crippen LogP contribution in [-0.2, 0) is 13.0 Å². The molecule has 0 fully saturated rings. The van der Waals surface area contributed by atoms with E-state index in [-0.39, 0.29) is 6.61 Å². The number of hydrogen-bond acceptors (Lipinski definition) is 3. The molecule has 0 spiro atoms. The van der Waals surface area contributed by atoms with Gasteiger partial charge in [0, 0.05) is 19.6 Å². The van der Waals surface area contributed by atoms with Gasteiger partial charge in [0.05, 0.1) is 0 Å². The standard InChI is InChI=1S/C11H21N3O/c1-4-10(7-15)5-11-12-8-13-14(11)6-9(2)3/h8-10,15H,4-7H2,1-3H3. The average Bonchev–Trinajstić information content (AvgIpc) is 2.61. The molecule has 0 aromatic carbocycles. The van der Waals surface area contributed by atoms with Gasteiger partial charge in [-0.1, -0.05) is 27.2 Å². The monoisotopic (exact) mass is 211 g/mol. The second-order valence-corrected chi connectivity index (χ2v) is 4.41. The largest absolute Gasteiger partial charge is 0.396 e. The molecule has 1 atom stereocenters. The molecule has 4 heteroatoms. The Morgan fingerprint density at radius 2 is 2.20 bits per heavy atom. The Balaban J connectivity index is 2.63. The van der Waals surface area contributed by atoms with Gasteiger partial charge in [-0.3, -0.25) is 0 Å². The number of aliphatic hydroxyl groups excluding tert-OH is 1. The van der Waals surface area contributed by atoms with Crippen LogP contribution in [-0.4, -0.2) is 26.5 Å². The quantitative estimate of drug-likeness (QED) is 0.775. The van der Waals surface area contributed by atoms with Crippen molar-refractivity contribution in [2.45, 2.75) is 40.2 Å². The minimum Gasteiger partial charge on any atom is -0.396 e. The number of rotatable bonds is 6. The predicted octanol–water partition coefficient (Wildman–Crippen LogP) is 1.50. The normalized spacial score (nSPS) is 13.4. The van der Waals surface area contributed by atoms with E-state index in [1.165, 1.54) is 0 Å². The fourth-order valence-corrected chi connectivity index (χ4v) is 1.54. The highest BCUT2D eigenvalue weighted by Crippen LogP contribution is 2.10. The van der Waals surface area contributed by atoms with Crippen LogP contribution in [0.2, 0.25) is 0 Å². The summed E-state index contributed by atoms with van der Waals surface area (Å²) in [5, 5.41) is 13.3. The van der Waals surface area contributed by atoms with Gasteiger partial charge in [0.1, 0.15) is 12.2 Å². The zero-order chi connectivity index (χ0) is 11.3. The maximum atomic E-state index is 9.14. The summed E-state index contributed by atoms with van der Waals surface area (Å²) in [5.74, 6) is 1.87. The topological polar surface area (TPSA) is 50.9 Å². The minimum absolute atomic E-state index is 0.227. The van der Waals surface area contributed by atoms with Crippen molar-refractivity contribution in [3.63, 3.8) is 0 Å². The van der Waals surface area contributed by atoms with Crippen LogP contribution in [0.5, 0.6) is 0 Å². The molecule has 1 aromatic heterocycles. The Hall–Kier alpha value is -0.900. The first-order valence-corrected chi connectivity index (χ1v) is 5.64. The summed E-state index contributed by atoms with van der Waals surface area (Å²) in [4.78, 5) is 4.25. The molecule has 86 valence electrons. The lowest BCUT2D eigenvalue weighted by Gasteiger charge is -2.13. The Morgan fingerprint density at radius 1 is 1.47 bits per heavy atom. The summed E-state index contributed by atoms with van der Waals surface area (Å²) in [6.45, 7) is 7.54. The van der Waals surface area contributed by atoms with Crippen molar-refractivity contribution in [3.8, 4) is 0 Å². The molecule has 0 aliphatic rings. The van der Waals surface area contributed by atoms with Crippen LogP contribution < -0.4 is 0 Å². The summed E-state index contributed by atoms with van der Waals surface area (Å²) >= 11 is 0. The fourth-order valence-electron chi connectivity index (χ4n) is 1.54. The molecule has 0 saturated heterocycles. The molecule has 4 nitrogen and oxygen atoms in total. The van der Waals surface area contributed by atoms with Crippen LogP contribution in [0.4, 0.5) is 0 Å². The molecule has 0 bridgehead atoms. The van der Waals surface area contributed by atoms with Gasteiger partial charge in [0.15, 0.2) is 0 Å². The Bertz CT molecular complexity index is 279. The molecule has 0 saturated carbocycles. The summed E-state index contributed by atoms with van der Waals surface area (Å²) in [5.41, 5.74) is 0. The number of nitrogens with zero attached hydrogens (tertiary/aromatic N) is 3. The van der Waals surface area contributed by atoms with E-state index in [4.69, 9.17) is 5.11 Å². The van der Waals surface area contributed by atoms with Crippen LogP contribution in [0.1, 0.15) is 33.0 Å². The van der Waals surface area contributed by atoms with E-state index in [0.717, 1.165) is 25.2 Å². The van der Waals surface area contributed by atoms with Gasteiger partial charge in [0.25, 0.3) is 0 Å². The van der Waals surface area contributed by atoms with Crippen molar-refractivity contribution < 1.29 is 5.11 Å². The van der Waals surface area contributed by atoms with Gasteiger partial charge >= 0.3 is 0 Å². The van der Waals surface area contributed by atoms with Crippen molar-refractivity contribution in [2.24, 2.45) is 11.8 Å². The first kappa shape index (κ1) is 12.2. The highest BCUT2D eigenvalue weighted by molar-refractivity contribution is 4.87. The smallest absolute Gasteiger partial charge is 0.138 e. The van der Waals surface area contributed by atoms with E-state index >= 15 is 0 Å². The van der Waals surface area contributed by atoms with Crippen LogP contribution in [0.3, 0.4) is 0 Å². The summed E-state index contributed by atoms with van der Waals surface area (Å²) in [6.07, 6.45) is 3.40. The number of aliphatic hydroxyl groups is 1. The molecule has 0 amide bonds. The maximum Gasteiger partial charge on any atom is 0.138 e. The third-order valence-corrected chi connectivity index (χ3v) is 2.54. The summed E-state index contributed by atoms with van der Waals surface area (Å²) < 4.78 is 1.95. The van der Waals surface area contributed by atoms with E-state index in [0.29, 0.717) is 11.8 Å². The Kier molecular flexibility index (Phi) is 4.75. The van der Waals surface area contributed by atoms with Gasteiger partial charge in [-0.25, -0.2) is 9.67 Å². The van der Waals surface area contributed by atoms with E-state index in [9.17, 15) is 0 Å². The van der Waals surface area contributed by atoms with Crippen molar-refractivity contribution in [1.82, 2.24) is 14.8 Å². The highest BCUT2D eigenvalue weighted by Gasteiger charge is 2.12. The van der Waals surface area contributed by atoms with Crippen molar-refractivity contribution >= 4 is 0 Å². The molecule has 0 aliphatic heterocycles. The molecule has 1 aromatic rings. The SMILES string of the molecule is CCC(CO)Cc1ncnn1CC(C)C. The minimum atomic E-state index is 0.227. The molecule has 1 N–H and O–H groups in total. The second-order valence-electron chi connectivity index (χ2n) is 4.41. The first-order valence-electron chi connectivity index (χ1n) is 5.64. The maximum absolute atomic E-state index is 9.14. The van der Waals surface area contributed by atoms with Crippen LogP contribution >= 0.6 is 0 Å². The number of hydrogen-bond donors (Lipinski definition) is 1. The molecule has 1 unspecified atom stereocenters. The zero-order valence-electron chi connectivity index (χ0n) is 9.85. The average molecular weight is 211 g/mol. The van der Waals surface area contributed by atoms with Crippen molar-refractivity contribution in [1.29, 1.82) is 0 Å². The predicted molar refractivity (Wildman–Crippen MR) is 59.4 cm³/mol. The van der Waals surface area contributed by atoms with Crippen LogP contribution in [0.15, 0.2) is 6.33 Å². The summed E-state index contributed by atoms with van der Waals surface area (Å²) in [7, 11) is 0. The van der Waals surface area contributed by atoms with Gasteiger partial charge in [-0.2, -0.15) is 5.10 Å². The van der Waals surface area contributed by atoms with Crippen molar-refractivity contribution in [3.05, 3.63) is 12.2 Å². The molecule has 15 heavy (non-hydrogen) atoms. The van der Waals surface area contributed by atoms with Crippen LogP contribution in [0.25, 0.3) is 0 Å². The van der Waals surface area contributed by atoms with E-state index in [2.05, 4.69) is 30.9 Å². The third-order valence-electron chi connectivity index (χ3n) is 2.54. The van der Waals surface area contributed by atoms with Crippen LogP contribution in [0, 0.1) is 11.8 Å². The summed E-state index contributed by atoms with van der Waals surface area (Å²) in [6, 6.07) is 0. The van der Waals surface area contributed by atoms with E-state index in [1.807, 2.05) is 4.68 Å². The van der Waals surface area contributed by atoms with Gasteiger partial charge < -0.3 is 5.11 Å². The fraction of sp³-hybridized carbons (Fsp3) is 0.818. The third kappa shape index (κ3) is 3.63. The van der Waals surface area contributed by atoms with E-state index in [1.54, 1.807) is 6.33 Å². The second kappa shape index (κ2) is 5.85. The number of aromatic nitrogens is 3. The first-order chi connectivity index (χ1) is 7.17. The van der Waals surface area contributed by atoms with Gasteiger partial charge in [-0.15, -0.1) is 0 Å². The zero-order valence-corrected chi connectivity index (χ0v) is 9.85. The molecule has 0 aliphatic carbocycles. The highest BCUT2D eigenvalue weighted by atomic mass is 16.3. The Labute approximate surface area is 91.3 Å². The lowest BCUT2D eigenvalue weighted by atomic mass is 10.0. The van der Waals surface area contributed by atoms with E-state index < -0.39 is 0 Å². The van der Waals surface area contributed by atoms with Crippen molar-refractivity contribution in [2.75, 3.05) is 6.61 Å². The lowest BCUT2D eigenvalue weighted by Crippen LogP contribution is -2.15.